The molecule has 0 spiro atoms. The third-order valence-electron chi connectivity index (χ3n) is 1.99. The molecule has 0 aliphatic heterocycles. The first-order chi connectivity index (χ1) is 7.07. The number of aliphatic hydroxyl groups is 2. The zero-order valence-electron chi connectivity index (χ0n) is 7.76. The molecule has 2 unspecified atom stereocenters. The number of hydrogen-bond donors (Lipinski definition) is 3. The van der Waals surface area contributed by atoms with Crippen LogP contribution in [0.15, 0.2) is 18.2 Å². The molecule has 0 bridgehead atoms. The van der Waals surface area contributed by atoms with Gasteiger partial charge in [-0.1, -0.05) is 12.1 Å². The van der Waals surface area contributed by atoms with Crippen molar-refractivity contribution in [3.63, 3.8) is 0 Å². The highest BCUT2D eigenvalue weighted by Crippen LogP contribution is 2.26. The molecule has 0 saturated carbocycles. The zero-order valence-corrected chi connectivity index (χ0v) is 7.76. The van der Waals surface area contributed by atoms with Crippen molar-refractivity contribution in [2.75, 3.05) is 0 Å². The molecule has 0 aliphatic carbocycles. The third kappa shape index (κ3) is 2.43. The van der Waals surface area contributed by atoms with E-state index in [-0.39, 0.29) is 12.0 Å². The van der Waals surface area contributed by atoms with Crippen molar-refractivity contribution >= 4 is 0 Å². The standard InChI is InChI=1S/C10H10FNO3/c11-9-6(2-1-3-7(9)13)10(15)8(14)4-5-12/h1-3,8,10,13-15H,4H2. The van der Waals surface area contributed by atoms with Gasteiger partial charge >= 0.3 is 0 Å². The van der Waals surface area contributed by atoms with Crippen molar-refractivity contribution in [3.8, 4) is 11.8 Å². The van der Waals surface area contributed by atoms with Gasteiger partial charge in [-0.05, 0) is 6.07 Å². The molecular formula is C10H10FNO3. The first-order valence-electron chi connectivity index (χ1n) is 4.28. The molecule has 0 fully saturated rings. The third-order valence-corrected chi connectivity index (χ3v) is 1.99. The number of nitrogens with zero attached hydrogens (tertiary/aromatic N) is 1. The number of benzene rings is 1. The Hall–Kier alpha value is -1.64. The lowest BCUT2D eigenvalue weighted by Crippen LogP contribution is -2.18. The predicted octanol–water partition coefficient (Wildman–Crippen LogP) is 0.839. The van der Waals surface area contributed by atoms with Crippen LogP contribution in [0, 0.1) is 17.1 Å². The normalized spacial score (nSPS) is 14.3. The van der Waals surface area contributed by atoms with Gasteiger partial charge in [0.15, 0.2) is 11.6 Å². The lowest BCUT2D eigenvalue weighted by Gasteiger charge is -2.16. The smallest absolute Gasteiger partial charge is 0.170 e. The van der Waals surface area contributed by atoms with Crippen LogP contribution in [-0.4, -0.2) is 21.4 Å². The Morgan fingerprint density at radius 3 is 2.67 bits per heavy atom. The first-order valence-corrected chi connectivity index (χ1v) is 4.28. The van der Waals surface area contributed by atoms with Crippen molar-refractivity contribution in [3.05, 3.63) is 29.6 Å². The van der Waals surface area contributed by atoms with E-state index < -0.39 is 23.8 Å². The summed E-state index contributed by atoms with van der Waals surface area (Å²) in [5.41, 5.74) is -0.224. The molecule has 0 saturated heterocycles. The van der Waals surface area contributed by atoms with Crippen molar-refractivity contribution < 1.29 is 19.7 Å². The van der Waals surface area contributed by atoms with Gasteiger partial charge in [0.05, 0.1) is 18.6 Å². The summed E-state index contributed by atoms with van der Waals surface area (Å²) >= 11 is 0. The van der Waals surface area contributed by atoms with E-state index in [0.29, 0.717) is 0 Å². The average Bonchev–Trinajstić information content (AvgIpc) is 2.21. The minimum atomic E-state index is -1.52. The Morgan fingerprint density at radius 2 is 2.07 bits per heavy atom. The van der Waals surface area contributed by atoms with Gasteiger partial charge in [0.2, 0.25) is 0 Å². The SMILES string of the molecule is N#CCC(O)C(O)c1cccc(O)c1F. The quantitative estimate of drug-likeness (QED) is 0.691. The highest BCUT2D eigenvalue weighted by molar-refractivity contribution is 5.31. The van der Waals surface area contributed by atoms with Gasteiger partial charge in [-0.25, -0.2) is 4.39 Å². The summed E-state index contributed by atoms with van der Waals surface area (Å²) < 4.78 is 13.2. The second kappa shape index (κ2) is 4.73. The summed E-state index contributed by atoms with van der Waals surface area (Å²) in [6.07, 6.45) is -3.20. The maximum absolute atomic E-state index is 13.2. The molecule has 1 aromatic rings. The molecule has 0 amide bonds. The number of phenolic OH excluding ortho intramolecular Hbond substituents is 1. The molecule has 0 aliphatic rings. The Kier molecular flexibility index (Phi) is 3.61. The molecule has 0 aromatic heterocycles. The molecule has 0 heterocycles. The number of phenols is 1. The molecular weight excluding hydrogens is 201 g/mol. The Morgan fingerprint density at radius 1 is 1.40 bits per heavy atom. The highest BCUT2D eigenvalue weighted by Gasteiger charge is 2.22. The fourth-order valence-corrected chi connectivity index (χ4v) is 1.18. The van der Waals surface area contributed by atoms with E-state index in [1.807, 2.05) is 0 Å². The molecule has 2 atom stereocenters. The van der Waals surface area contributed by atoms with Crippen LogP contribution >= 0.6 is 0 Å². The number of rotatable bonds is 3. The molecule has 80 valence electrons. The lowest BCUT2D eigenvalue weighted by molar-refractivity contribution is 0.0193. The van der Waals surface area contributed by atoms with Crippen LogP contribution in [0.3, 0.4) is 0 Å². The van der Waals surface area contributed by atoms with E-state index >= 15 is 0 Å². The number of halogens is 1. The summed E-state index contributed by atoms with van der Waals surface area (Å²) in [6, 6.07) is 5.36. The average molecular weight is 211 g/mol. The Labute approximate surface area is 85.8 Å². The largest absolute Gasteiger partial charge is 0.505 e. The van der Waals surface area contributed by atoms with E-state index in [0.717, 1.165) is 6.07 Å². The summed E-state index contributed by atoms with van der Waals surface area (Å²) in [6.45, 7) is 0. The van der Waals surface area contributed by atoms with Crippen LogP contribution in [0.25, 0.3) is 0 Å². The van der Waals surface area contributed by atoms with Crippen LogP contribution in [0.1, 0.15) is 18.1 Å². The number of nitriles is 1. The molecule has 4 nitrogen and oxygen atoms in total. The Balaban J connectivity index is 2.96. The van der Waals surface area contributed by atoms with Crippen molar-refractivity contribution in [1.82, 2.24) is 0 Å². The number of aromatic hydroxyl groups is 1. The molecule has 0 radical (unpaired) electrons. The van der Waals surface area contributed by atoms with E-state index in [1.54, 1.807) is 6.07 Å². The van der Waals surface area contributed by atoms with Gasteiger partial charge in [-0.15, -0.1) is 0 Å². The summed E-state index contributed by atoms with van der Waals surface area (Å²) in [5.74, 6) is -1.59. The van der Waals surface area contributed by atoms with Crippen LogP contribution < -0.4 is 0 Å². The van der Waals surface area contributed by atoms with Gasteiger partial charge in [-0.2, -0.15) is 5.26 Å². The van der Waals surface area contributed by atoms with E-state index in [9.17, 15) is 14.6 Å². The maximum Gasteiger partial charge on any atom is 0.170 e. The maximum atomic E-state index is 13.2. The molecule has 3 N–H and O–H groups in total. The fourth-order valence-electron chi connectivity index (χ4n) is 1.18. The topological polar surface area (TPSA) is 84.5 Å². The first kappa shape index (κ1) is 11.4. The van der Waals surface area contributed by atoms with Crippen molar-refractivity contribution in [2.24, 2.45) is 0 Å². The second-order valence-corrected chi connectivity index (χ2v) is 3.05. The summed E-state index contributed by atoms with van der Waals surface area (Å²) in [7, 11) is 0. The number of aliphatic hydroxyl groups excluding tert-OH is 2. The van der Waals surface area contributed by atoms with E-state index in [2.05, 4.69) is 0 Å². The van der Waals surface area contributed by atoms with Gasteiger partial charge in [-0.3, -0.25) is 0 Å². The van der Waals surface area contributed by atoms with Gasteiger partial charge in [0.1, 0.15) is 6.10 Å². The molecule has 1 aromatic carbocycles. The number of hydrogen-bond acceptors (Lipinski definition) is 4. The molecule has 5 heteroatoms. The summed E-state index contributed by atoms with van der Waals surface area (Å²) in [5, 5.41) is 36.1. The predicted molar refractivity (Wildman–Crippen MR) is 49.3 cm³/mol. The van der Waals surface area contributed by atoms with E-state index in [1.165, 1.54) is 12.1 Å². The molecule has 15 heavy (non-hydrogen) atoms. The minimum Gasteiger partial charge on any atom is -0.505 e. The van der Waals surface area contributed by atoms with Crippen LogP contribution in [-0.2, 0) is 0 Å². The van der Waals surface area contributed by atoms with Gasteiger partial charge in [0, 0.05) is 5.56 Å². The van der Waals surface area contributed by atoms with Crippen LogP contribution in [0.5, 0.6) is 5.75 Å². The Bertz CT molecular complexity index is 389. The second-order valence-electron chi connectivity index (χ2n) is 3.05. The monoisotopic (exact) mass is 211 g/mol. The van der Waals surface area contributed by atoms with Crippen molar-refractivity contribution in [2.45, 2.75) is 18.6 Å². The van der Waals surface area contributed by atoms with E-state index in [4.69, 9.17) is 10.4 Å². The fraction of sp³-hybridized carbons (Fsp3) is 0.300. The van der Waals surface area contributed by atoms with Gasteiger partial charge < -0.3 is 15.3 Å². The van der Waals surface area contributed by atoms with Crippen LogP contribution in [0.2, 0.25) is 0 Å². The van der Waals surface area contributed by atoms with Gasteiger partial charge in [0.25, 0.3) is 0 Å². The minimum absolute atomic E-state index is 0.224. The van der Waals surface area contributed by atoms with Crippen LogP contribution in [0.4, 0.5) is 4.39 Å². The highest BCUT2D eigenvalue weighted by atomic mass is 19.1. The van der Waals surface area contributed by atoms with Crippen molar-refractivity contribution in [1.29, 1.82) is 5.26 Å². The molecule has 1 rings (SSSR count). The summed E-state index contributed by atoms with van der Waals surface area (Å²) in [4.78, 5) is 0. The zero-order chi connectivity index (χ0) is 11.4. The lowest BCUT2D eigenvalue weighted by atomic mass is 10.0.